The number of hydrogen-bond acceptors (Lipinski definition) is 2. The van der Waals surface area contributed by atoms with Crippen LogP contribution in [0.3, 0.4) is 0 Å². The highest BCUT2D eigenvalue weighted by molar-refractivity contribution is 5.82. The summed E-state index contributed by atoms with van der Waals surface area (Å²) in [6, 6.07) is 37.8. The smallest absolute Gasteiger partial charge is 0.141 e. The first-order valence-corrected chi connectivity index (χ1v) is 11.1. The van der Waals surface area contributed by atoms with Crippen LogP contribution in [0.2, 0.25) is 0 Å². The fourth-order valence-corrected chi connectivity index (χ4v) is 4.13. The van der Waals surface area contributed by atoms with E-state index in [9.17, 15) is 0 Å². The van der Waals surface area contributed by atoms with Crippen LogP contribution >= 0.6 is 0 Å². The van der Waals surface area contributed by atoms with Gasteiger partial charge in [0.05, 0.1) is 18.5 Å². The van der Waals surface area contributed by atoms with Crippen molar-refractivity contribution in [1.29, 1.82) is 0 Å². The van der Waals surface area contributed by atoms with Crippen molar-refractivity contribution in [3.63, 3.8) is 0 Å². The summed E-state index contributed by atoms with van der Waals surface area (Å²) in [6.45, 7) is 2.84. The van der Waals surface area contributed by atoms with Crippen LogP contribution in [-0.2, 0) is 6.54 Å². The fraction of sp³-hybridized carbons (Fsp3) is 0.100. The first-order chi connectivity index (χ1) is 16.2. The average Bonchev–Trinajstić information content (AvgIpc) is 3.24. The zero-order chi connectivity index (χ0) is 22.6. The SMILES string of the molecule is COc1ccc(-c2nc(-c3ccccc3)c(-c3ccc(C)cc3)n2Cc2ccccc2)cc1. The molecule has 3 nitrogen and oxygen atoms in total. The van der Waals surface area contributed by atoms with E-state index in [0.29, 0.717) is 0 Å². The molecule has 33 heavy (non-hydrogen) atoms. The van der Waals surface area contributed by atoms with Crippen LogP contribution in [0.25, 0.3) is 33.9 Å². The van der Waals surface area contributed by atoms with E-state index < -0.39 is 0 Å². The molecule has 0 spiro atoms. The van der Waals surface area contributed by atoms with Crippen molar-refractivity contribution in [1.82, 2.24) is 9.55 Å². The Hall–Kier alpha value is -4.11. The van der Waals surface area contributed by atoms with Gasteiger partial charge in [-0.1, -0.05) is 90.5 Å². The maximum Gasteiger partial charge on any atom is 0.141 e. The molecule has 0 saturated carbocycles. The first kappa shape index (κ1) is 20.8. The second-order valence-corrected chi connectivity index (χ2v) is 8.16. The summed E-state index contributed by atoms with van der Waals surface area (Å²) >= 11 is 0. The number of nitrogens with zero attached hydrogens (tertiary/aromatic N) is 2. The molecule has 0 atom stereocenters. The Labute approximate surface area is 195 Å². The molecule has 0 unspecified atom stereocenters. The fourth-order valence-electron chi connectivity index (χ4n) is 4.13. The quantitative estimate of drug-likeness (QED) is 0.284. The third-order valence-electron chi connectivity index (χ3n) is 5.87. The van der Waals surface area contributed by atoms with Gasteiger partial charge in [0.25, 0.3) is 0 Å². The number of aryl methyl sites for hydroxylation is 1. The second-order valence-electron chi connectivity index (χ2n) is 8.16. The molecule has 3 heteroatoms. The van der Waals surface area contributed by atoms with Gasteiger partial charge in [-0.25, -0.2) is 4.98 Å². The minimum Gasteiger partial charge on any atom is -0.497 e. The van der Waals surface area contributed by atoms with Gasteiger partial charge in [-0.3, -0.25) is 0 Å². The summed E-state index contributed by atoms with van der Waals surface area (Å²) < 4.78 is 7.72. The van der Waals surface area contributed by atoms with E-state index in [1.54, 1.807) is 7.11 Å². The molecule has 1 aromatic heterocycles. The summed E-state index contributed by atoms with van der Waals surface area (Å²) in [5.41, 5.74) is 7.90. The van der Waals surface area contributed by atoms with Gasteiger partial charge in [-0.2, -0.15) is 0 Å². The van der Waals surface area contributed by atoms with E-state index in [0.717, 1.165) is 46.2 Å². The summed E-state index contributed by atoms with van der Waals surface area (Å²) in [5.74, 6) is 1.78. The molecule has 1 heterocycles. The number of benzene rings is 4. The number of imidazole rings is 1. The van der Waals surface area contributed by atoms with Gasteiger partial charge in [-0.15, -0.1) is 0 Å². The van der Waals surface area contributed by atoms with E-state index in [-0.39, 0.29) is 0 Å². The van der Waals surface area contributed by atoms with Crippen molar-refractivity contribution in [3.05, 3.63) is 120 Å². The number of aromatic nitrogens is 2. The van der Waals surface area contributed by atoms with E-state index in [1.165, 1.54) is 11.1 Å². The van der Waals surface area contributed by atoms with Crippen LogP contribution in [0.4, 0.5) is 0 Å². The summed E-state index contributed by atoms with van der Waals surface area (Å²) in [7, 11) is 1.69. The van der Waals surface area contributed by atoms with Crippen molar-refractivity contribution in [2.45, 2.75) is 13.5 Å². The van der Waals surface area contributed by atoms with Crippen LogP contribution in [-0.4, -0.2) is 16.7 Å². The molecule has 0 aliphatic rings. The van der Waals surface area contributed by atoms with E-state index >= 15 is 0 Å². The second kappa shape index (κ2) is 9.17. The van der Waals surface area contributed by atoms with Crippen LogP contribution in [0, 0.1) is 6.92 Å². The number of hydrogen-bond donors (Lipinski definition) is 0. The van der Waals surface area contributed by atoms with Gasteiger partial charge in [0.15, 0.2) is 0 Å². The molecule has 4 aromatic carbocycles. The Kier molecular flexibility index (Phi) is 5.77. The Bertz CT molecular complexity index is 1340. The van der Waals surface area contributed by atoms with Gasteiger partial charge in [0.2, 0.25) is 0 Å². The molecular formula is C30H26N2O. The Morgan fingerprint density at radius 1 is 0.667 bits per heavy atom. The molecule has 0 aliphatic carbocycles. The number of methoxy groups -OCH3 is 1. The number of rotatable bonds is 6. The molecule has 0 radical (unpaired) electrons. The van der Waals surface area contributed by atoms with Crippen LogP contribution in [0.15, 0.2) is 109 Å². The van der Waals surface area contributed by atoms with Gasteiger partial charge < -0.3 is 9.30 Å². The third kappa shape index (κ3) is 4.31. The molecule has 0 bridgehead atoms. The normalized spacial score (nSPS) is 10.8. The highest BCUT2D eigenvalue weighted by Gasteiger charge is 2.21. The highest BCUT2D eigenvalue weighted by atomic mass is 16.5. The van der Waals surface area contributed by atoms with Gasteiger partial charge >= 0.3 is 0 Å². The van der Waals surface area contributed by atoms with Crippen molar-refractivity contribution in [2.24, 2.45) is 0 Å². The van der Waals surface area contributed by atoms with Crippen molar-refractivity contribution in [2.75, 3.05) is 7.11 Å². The van der Waals surface area contributed by atoms with Crippen molar-refractivity contribution >= 4 is 0 Å². The van der Waals surface area contributed by atoms with E-state index in [4.69, 9.17) is 9.72 Å². The lowest BCUT2D eigenvalue weighted by molar-refractivity contribution is 0.415. The first-order valence-electron chi connectivity index (χ1n) is 11.1. The predicted octanol–water partition coefficient (Wildman–Crippen LogP) is 7.25. The minimum atomic E-state index is 0.727. The summed E-state index contributed by atoms with van der Waals surface area (Å²) in [4.78, 5) is 5.22. The molecule has 0 aliphatic heterocycles. The molecule has 0 saturated heterocycles. The van der Waals surface area contributed by atoms with Crippen LogP contribution < -0.4 is 4.74 Å². The van der Waals surface area contributed by atoms with Crippen LogP contribution in [0.1, 0.15) is 11.1 Å². The zero-order valence-corrected chi connectivity index (χ0v) is 18.9. The maximum absolute atomic E-state index is 5.38. The molecule has 5 aromatic rings. The van der Waals surface area contributed by atoms with Gasteiger partial charge in [0.1, 0.15) is 11.6 Å². The zero-order valence-electron chi connectivity index (χ0n) is 18.9. The van der Waals surface area contributed by atoms with Crippen molar-refractivity contribution in [3.8, 4) is 39.7 Å². The molecular weight excluding hydrogens is 404 g/mol. The predicted molar refractivity (Wildman–Crippen MR) is 135 cm³/mol. The van der Waals surface area contributed by atoms with E-state index in [2.05, 4.69) is 102 Å². The molecule has 0 amide bonds. The monoisotopic (exact) mass is 430 g/mol. The molecule has 162 valence electrons. The van der Waals surface area contributed by atoms with Crippen molar-refractivity contribution < 1.29 is 4.74 Å². The summed E-state index contributed by atoms with van der Waals surface area (Å²) in [5, 5.41) is 0. The summed E-state index contributed by atoms with van der Waals surface area (Å²) in [6.07, 6.45) is 0. The maximum atomic E-state index is 5.38. The third-order valence-corrected chi connectivity index (χ3v) is 5.87. The Morgan fingerprint density at radius 3 is 1.91 bits per heavy atom. The lowest BCUT2D eigenvalue weighted by atomic mass is 10.0. The topological polar surface area (TPSA) is 27.1 Å². The van der Waals surface area contributed by atoms with E-state index in [1.807, 2.05) is 18.2 Å². The number of ether oxygens (including phenoxy) is 1. The highest BCUT2D eigenvalue weighted by Crippen LogP contribution is 2.37. The minimum absolute atomic E-state index is 0.727. The average molecular weight is 431 g/mol. The lowest BCUT2D eigenvalue weighted by Crippen LogP contribution is -2.04. The lowest BCUT2D eigenvalue weighted by Gasteiger charge is -2.14. The Morgan fingerprint density at radius 2 is 1.27 bits per heavy atom. The Balaban J connectivity index is 1.78. The van der Waals surface area contributed by atoms with Gasteiger partial charge in [0, 0.05) is 23.2 Å². The molecule has 0 fully saturated rings. The largest absolute Gasteiger partial charge is 0.497 e. The standard InChI is InChI=1S/C30H26N2O/c1-22-13-15-25(16-14-22)29-28(24-11-7-4-8-12-24)31-30(26-17-19-27(33-2)20-18-26)32(29)21-23-9-5-3-6-10-23/h3-20H,21H2,1-2H3. The molecule has 0 N–H and O–H groups in total. The molecule has 5 rings (SSSR count). The van der Waals surface area contributed by atoms with Gasteiger partial charge in [-0.05, 0) is 36.8 Å². The van der Waals surface area contributed by atoms with Crippen LogP contribution in [0.5, 0.6) is 5.75 Å².